The van der Waals surface area contributed by atoms with Gasteiger partial charge in [0.2, 0.25) is 0 Å². The Kier molecular flexibility index (Phi) is 9.21. The van der Waals surface area contributed by atoms with Gasteiger partial charge in [0.1, 0.15) is 0 Å². The minimum absolute atomic E-state index is 0.0672. The summed E-state index contributed by atoms with van der Waals surface area (Å²) < 4.78 is 30.9. The Balaban J connectivity index is 1.55. The molecule has 0 aliphatic heterocycles. The van der Waals surface area contributed by atoms with E-state index in [0.29, 0.717) is 43.5 Å². The first-order valence-corrected chi connectivity index (χ1v) is 19.1. The maximum atomic E-state index is 13.7. The second kappa shape index (κ2) is 11.8. The Labute approximate surface area is 267 Å². The van der Waals surface area contributed by atoms with Crippen molar-refractivity contribution in [3.05, 3.63) is 11.4 Å². The molecule has 5 saturated carbocycles. The van der Waals surface area contributed by atoms with Crippen molar-refractivity contribution in [2.45, 2.75) is 126 Å². The molecule has 5 rings (SSSR count). The number of esters is 1. The fraction of sp³-hybridized carbons (Fsp3) is 0.865. The standard InChI is InChI=1S/C37H59O6P/c1-10-31(39)41-24-37-20-15-26(25(4)23-44(40,42-11-2)43-12-3)32(37)27-13-14-29-34(7)18-17-30(38)33(5,6)28(34)16-19-36(29,9)35(27,8)21-22-37/h1,23,26-30,32,38H,11-22,24H2,2-9H3/b25-23+/t26-,27+,28-,29+,30-,32+,34-,35+,36+,37+/m0/s1. The molecule has 0 aromatic carbocycles. The smallest absolute Gasteiger partial charge is 0.384 e. The topological polar surface area (TPSA) is 82.1 Å². The fourth-order valence-corrected chi connectivity index (χ4v) is 14.2. The molecule has 0 spiro atoms. The molecule has 7 heteroatoms. The Morgan fingerprint density at radius 2 is 1.59 bits per heavy atom. The molecular formula is C37H59O6P. The molecule has 6 nitrogen and oxygen atoms in total. The van der Waals surface area contributed by atoms with E-state index in [1.165, 1.54) is 19.3 Å². The lowest BCUT2D eigenvalue weighted by atomic mass is 9.32. The van der Waals surface area contributed by atoms with Crippen LogP contribution in [0.5, 0.6) is 0 Å². The van der Waals surface area contributed by atoms with Gasteiger partial charge >= 0.3 is 13.6 Å². The molecule has 10 atom stereocenters. The number of fused-ring (bicyclic) bond motifs is 7. The van der Waals surface area contributed by atoms with Crippen LogP contribution >= 0.6 is 7.60 Å². The first-order valence-electron chi connectivity index (χ1n) is 17.5. The van der Waals surface area contributed by atoms with Crippen LogP contribution in [0.2, 0.25) is 0 Å². The first kappa shape index (κ1) is 34.2. The molecule has 0 amide bonds. The number of ether oxygens (including phenoxy) is 1. The number of aliphatic hydroxyl groups excluding tert-OH is 1. The summed E-state index contributed by atoms with van der Waals surface area (Å²) in [6, 6.07) is 0. The summed E-state index contributed by atoms with van der Waals surface area (Å²) in [5.41, 5.74) is 1.40. The van der Waals surface area contributed by atoms with Gasteiger partial charge in [-0.3, -0.25) is 4.57 Å². The van der Waals surface area contributed by atoms with E-state index < -0.39 is 13.6 Å². The molecule has 0 bridgehead atoms. The second-order valence-electron chi connectivity index (χ2n) is 16.5. The number of allylic oxidation sites excluding steroid dienone is 1. The molecule has 44 heavy (non-hydrogen) atoms. The molecule has 0 aromatic rings. The SMILES string of the molecule is C#CC(=O)OC[C@]12CC[C@@H](/C(C)=C/P(=O)(OCC)OCC)[C@@H]1[C@H]1CC[C@@H]3[C@@]4(C)CC[C@H](O)C(C)(C)[C@@H]4CC[C@@]3(C)[C@]1(C)CC2. The molecule has 248 valence electrons. The van der Waals surface area contributed by atoms with Gasteiger partial charge in [0, 0.05) is 17.2 Å². The van der Waals surface area contributed by atoms with Crippen molar-refractivity contribution >= 4 is 13.6 Å². The Bertz CT molecular complexity index is 1220. The van der Waals surface area contributed by atoms with Gasteiger partial charge in [-0.25, -0.2) is 4.79 Å². The van der Waals surface area contributed by atoms with E-state index in [9.17, 15) is 14.5 Å². The van der Waals surface area contributed by atoms with Crippen molar-refractivity contribution < 1.29 is 28.3 Å². The molecule has 5 aliphatic rings. The summed E-state index contributed by atoms with van der Waals surface area (Å²) in [5, 5.41) is 11.1. The third kappa shape index (κ3) is 5.10. The highest BCUT2D eigenvalue weighted by atomic mass is 31.2. The molecule has 1 N–H and O–H groups in total. The van der Waals surface area contributed by atoms with Crippen LogP contribution in [0, 0.1) is 69.0 Å². The lowest BCUT2D eigenvalue weighted by molar-refractivity contribution is -0.249. The third-order valence-corrected chi connectivity index (χ3v) is 16.7. The second-order valence-corrected chi connectivity index (χ2v) is 18.4. The van der Waals surface area contributed by atoms with Gasteiger partial charge < -0.3 is 18.9 Å². The predicted molar refractivity (Wildman–Crippen MR) is 175 cm³/mol. The molecule has 0 saturated heterocycles. The number of carbonyl (C=O) groups is 1. The average Bonchev–Trinajstić information content (AvgIpc) is 3.34. The van der Waals surface area contributed by atoms with Crippen LogP contribution in [0.25, 0.3) is 0 Å². The van der Waals surface area contributed by atoms with Gasteiger partial charge in [0.25, 0.3) is 0 Å². The van der Waals surface area contributed by atoms with E-state index in [1.807, 2.05) is 13.8 Å². The van der Waals surface area contributed by atoms with Crippen LogP contribution in [0.15, 0.2) is 11.4 Å². The lowest BCUT2D eigenvalue weighted by Gasteiger charge is -2.73. The van der Waals surface area contributed by atoms with E-state index >= 15 is 0 Å². The van der Waals surface area contributed by atoms with Crippen LogP contribution in [-0.4, -0.2) is 37.0 Å². The zero-order chi connectivity index (χ0) is 32.3. The summed E-state index contributed by atoms with van der Waals surface area (Å²) in [6.07, 6.45) is 16.0. The monoisotopic (exact) mass is 630 g/mol. The Morgan fingerprint density at radius 3 is 2.23 bits per heavy atom. The van der Waals surface area contributed by atoms with Gasteiger partial charge in [0.15, 0.2) is 0 Å². The van der Waals surface area contributed by atoms with E-state index in [-0.39, 0.29) is 39.1 Å². The molecule has 0 unspecified atom stereocenters. The molecule has 0 radical (unpaired) electrons. The maximum absolute atomic E-state index is 13.7. The normalized spacial score (nSPS) is 44.9. The van der Waals surface area contributed by atoms with Gasteiger partial charge in [-0.1, -0.05) is 40.2 Å². The van der Waals surface area contributed by atoms with Crippen molar-refractivity contribution in [2.24, 2.45) is 56.7 Å². The quantitative estimate of drug-likeness (QED) is 0.125. The number of carbonyl (C=O) groups excluding carboxylic acids is 1. The Morgan fingerprint density at radius 1 is 0.909 bits per heavy atom. The maximum Gasteiger partial charge on any atom is 0.384 e. The van der Waals surface area contributed by atoms with Gasteiger partial charge in [-0.15, -0.1) is 6.42 Å². The molecule has 0 heterocycles. The lowest BCUT2D eigenvalue weighted by Crippen LogP contribution is -2.66. The van der Waals surface area contributed by atoms with Crippen molar-refractivity contribution in [1.82, 2.24) is 0 Å². The Hall–Kier alpha value is -1.12. The summed E-state index contributed by atoms with van der Waals surface area (Å²) in [4.78, 5) is 12.3. The predicted octanol–water partition coefficient (Wildman–Crippen LogP) is 8.78. The highest BCUT2D eigenvalue weighted by Gasteiger charge is 2.71. The molecule has 5 aliphatic carbocycles. The molecular weight excluding hydrogens is 571 g/mol. The average molecular weight is 631 g/mol. The molecule has 0 aromatic heterocycles. The zero-order valence-corrected chi connectivity index (χ0v) is 29.6. The summed E-state index contributed by atoms with van der Waals surface area (Å²) in [7, 11) is -3.36. The largest absolute Gasteiger partial charge is 0.456 e. The van der Waals surface area contributed by atoms with Crippen molar-refractivity contribution in [3.8, 4) is 12.3 Å². The highest BCUT2D eigenvalue weighted by Crippen LogP contribution is 2.77. The number of terminal acetylenes is 1. The minimum Gasteiger partial charge on any atom is -0.456 e. The van der Waals surface area contributed by atoms with Crippen molar-refractivity contribution in [2.75, 3.05) is 19.8 Å². The van der Waals surface area contributed by atoms with Crippen LogP contribution < -0.4 is 0 Å². The first-order chi connectivity index (χ1) is 20.6. The fourth-order valence-electron chi connectivity index (χ4n) is 12.6. The van der Waals surface area contributed by atoms with E-state index in [1.54, 1.807) is 5.82 Å². The van der Waals surface area contributed by atoms with Gasteiger partial charge in [-0.2, -0.15) is 0 Å². The third-order valence-electron chi connectivity index (χ3n) is 14.8. The van der Waals surface area contributed by atoms with E-state index in [2.05, 4.69) is 47.5 Å². The highest BCUT2D eigenvalue weighted by molar-refractivity contribution is 7.57. The van der Waals surface area contributed by atoms with Crippen LogP contribution in [0.1, 0.15) is 120 Å². The zero-order valence-electron chi connectivity index (χ0n) is 28.7. The minimum atomic E-state index is -3.36. The summed E-state index contributed by atoms with van der Waals surface area (Å²) in [5.74, 6) is 5.49. The van der Waals surface area contributed by atoms with Gasteiger partial charge in [0.05, 0.1) is 25.9 Å². The molecule has 5 fully saturated rings. The van der Waals surface area contributed by atoms with Crippen LogP contribution in [0.3, 0.4) is 0 Å². The number of hydrogen-bond donors (Lipinski definition) is 1. The van der Waals surface area contributed by atoms with Crippen LogP contribution in [0.4, 0.5) is 0 Å². The van der Waals surface area contributed by atoms with E-state index in [4.69, 9.17) is 20.2 Å². The summed E-state index contributed by atoms with van der Waals surface area (Å²) in [6.45, 7) is 19.2. The van der Waals surface area contributed by atoms with Gasteiger partial charge in [-0.05, 0) is 136 Å². The van der Waals surface area contributed by atoms with Crippen LogP contribution in [-0.2, 0) is 23.1 Å². The number of hydrogen-bond acceptors (Lipinski definition) is 6. The van der Waals surface area contributed by atoms with Crippen molar-refractivity contribution in [1.29, 1.82) is 0 Å². The van der Waals surface area contributed by atoms with E-state index in [0.717, 1.165) is 50.5 Å². The van der Waals surface area contributed by atoms with Crippen molar-refractivity contribution in [3.63, 3.8) is 0 Å². The number of rotatable bonds is 8. The number of aliphatic hydroxyl groups is 1. The summed E-state index contributed by atoms with van der Waals surface area (Å²) >= 11 is 0.